The third kappa shape index (κ3) is 3.42. The number of rotatable bonds is 4. The third-order valence-corrected chi connectivity index (χ3v) is 3.90. The Bertz CT molecular complexity index is 918. The Hall–Kier alpha value is -3.02. The largest absolute Gasteiger partial charge is 0.360 e. The van der Waals surface area contributed by atoms with Gasteiger partial charge in [-0.15, -0.1) is 0 Å². The molecule has 0 saturated carbocycles. The molecule has 0 bridgehead atoms. The molecule has 1 heterocycles. The fraction of sp³-hybridized carbons (Fsp3) is 0.158. The van der Waals surface area contributed by atoms with Crippen LogP contribution in [0.25, 0.3) is 11.3 Å². The number of carbonyl (C=O) groups excluding carboxylic acids is 1. The van der Waals surface area contributed by atoms with E-state index in [1.54, 1.807) is 19.1 Å². The first kappa shape index (κ1) is 16.8. The van der Waals surface area contributed by atoms with Crippen LogP contribution in [0.1, 0.15) is 28.6 Å². The second-order valence-corrected chi connectivity index (χ2v) is 5.59. The standard InChI is InChI=1S/C19H16F2N2O2/c1-3-12-4-7-14(8-5-12)22-19(24)17-11(2)25-23-18(17)15-9-6-13(20)10-16(15)21/h4-10H,3H2,1-2H3,(H,22,24). The van der Waals surface area contributed by atoms with Gasteiger partial charge in [-0.05, 0) is 43.2 Å². The van der Waals surface area contributed by atoms with Crippen molar-refractivity contribution in [2.75, 3.05) is 5.32 Å². The number of nitrogens with zero attached hydrogens (tertiary/aromatic N) is 1. The zero-order chi connectivity index (χ0) is 18.0. The third-order valence-electron chi connectivity index (χ3n) is 3.90. The number of aryl methyl sites for hydroxylation is 2. The second kappa shape index (κ2) is 6.84. The van der Waals surface area contributed by atoms with Crippen LogP contribution in [0.5, 0.6) is 0 Å². The van der Waals surface area contributed by atoms with Gasteiger partial charge in [0.05, 0.1) is 0 Å². The first-order valence-corrected chi connectivity index (χ1v) is 7.81. The topological polar surface area (TPSA) is 55.1 Å². The van der Waals surface area contributed by atoms with E-state index in [1.807, 2.05) is 19.1 Å². The molecule has 0 fully saturated rings. The van der Waals surface area contributed by atoms with Crippen LogP contribution < -0.4 is 5.32 Å². The highest BCUT2D eigenvalue weighted by atomic mass is 19.1. The van der Waals surface area contributed by atoms with Gasteiger partial charge in [-0.2, -0.15) is 0 Å². The van der Waals surface area contributed by atoms with Crippen molar-refractivity contribution < 1.29 is 18.1 Å². The number of aromatic nitrogens is 1. The number of hydrogen-bond acceptors (Lipinski definition) is 3. The highest BCUT2D eigenvalue weighted by molar-refractivity contribution is 6.08. The van der Waals surface area contributed by atoms with Gasteiger partial charge in [0, 0.05) is 17.3 Å². The van der Waals surface area contributed by atoms with Crippen LogP contribution in [-0.2, 0) is 6.42 Å². The molecule has 128 valence electrons. The van der Waals surface area contributed by atoms with Crippen molar-refractivity contribution in [3.8, 4) is 11.3 Å². The predicted molar refractivity (Wildman–Crippen MR) is 90.4 cm³/mol. The molecule has 3 aromatic rings. The summed E-state index contributed by atoms with van der Waals surface area (Å²) in [6, 6.07) is 10.5. The lowest BCUT2D eigenvalue weighted by Crippen LogP contribution is -2.13. The van der Waals surface area contributed by atoms with Gasteiger partial charge in [0.25, 0.3) is 5.91 Å². The molecule has 1 N–H and O–H groups in total. The Morgan fingerprint density at radius 1 is 1.16 bits per heavy atom. The van der Waals surface area contributed by atoms with Gasteiger partial charge < -0.3 is 9.84 Å². The van der Waals surface area contributed by atoms with E-state index in [4.69, 9.17) is 4.52 Å². The molecule has 1 amide bonds. The maximum absolute atomic E-state index is 14.0. The van der Waals surface area contributed by atoms with Crippen LogP contribution >= 0.6 is 0 Å². The number of benzene rings is 2. The molecule has 3 rings (SSSR count). The highest BCUT2D eigenvalue weighted by Crippen LogP contribution is 2.28. The van der Waals surface area contributed by atoms with Gasteiger partial charge >= 0.3 is 0 Å². The van der Waals surface area contributed by atoms with Gasteiger partial charge in [-0.3, -0.25) is 4.79 Å². The summed E-state index contributed by atoms with van der Waals surface area (Å²) in [5.41, 5.74) is 1.91. The number of amides is 1. The zero-order valence-electron chi connectivity index (χ0n) is 13.8. The predicted octanol–water partition coefficient (Wildman–Crippen LogP) is 4.74. The van der Waals surface area contributed by atoms with Crippen molar-refractivity contribution in [3.05, 3.63) is 71.0 Å². The maximum atomic E-state index is 14.0. The van der Waals surface area contributed by atoms with E-state index in [0.717, 1.165) is 24.1 Å². The molecule has 0 unspecified atom stereocenters. The minimum absolute atomic E-state index is 0.00438. The minimum atomic E-state index is -0.811. The lowest BCUT2D eigenvalue weighted by atomic mass is 10.0. The number of hydrogen-bond donors (Lipinski definition) is 1. The van der Waals surface area contributed by atoms with Crippen LogP contribution in [-0.4, -0.2) is 11.1 Å². The smallest absolute Gasteiger partial charge is 0.261 e. The van der Waals surface area contributed by atoms with Gasteiger partial charge in [-0.25, -0.2) is 8.78 Å². The summed E-state index contributed by atoms with van der Waals surface area (Å²) in [6.45, 7) is 3.60. The van der Waals surface area contributed by atoms with Gasteiger partial charge in [0.1, 0.15) is 28.7 Å². The van der Waals surface area contributed by atoms with Crippen LogP contribution in [0, 0.1) is 18.6 Å². The maximum Gasteiger partial charge on any atom is 0.261 e. The van der Waals surface area contributed by atoms with Crippen molar-refractivity contribution in [2.45, 2.75) is 20.3 Å². The molecule has 1 aromatic heterocycles. The average Bonchev–Trinajstić information content (AvgIpc) is 2.97. The summed E-state index contributed by atoms with van der Waals surface area (Å²) in [5, 5.41) is 6.51. The monoisotopic (exact) mass is 342 g/mol. The normalized spacial score (nSPS) is 10.7. The molecule has 4 nitrogen and oxygen atoms in total. The number of nitrogens with one attached hydrogen (secondary N) is 1. The Kier molecular flexibility index (Phi) is 4.61. The molecule has 0 radical (unpaired) electrons. The molecule has 0 aliphatic heterocycles. The Morgan fingerprint density at radius 2 is 1.88 bits per heavy atom. The number of halogens is 2. The quantitative estimate of drug-likeness (QED) is 0.745. The molecule has 0 atom stereocenters. The molecule has 25 heavy (non-hydrogen) atoms. The lowest BCUT2D eigenvalue weighted by Gasteiger charge is -2.07. The molecular weight excluding hydrogens is 326 g/mol. The lowest BCUT2D eigenvalue weighted by molar-refractivity contribution is 0.102. The van der Waals surface area contributed by atoms with E-state index in [9.17, 15) is 13.6 Å². The molecular formula is C19H16F2N2O2. The van der Waals surface area contributed by atoms with Crippen LogP contribution in [0.4, 0.5) is 14.5 Å². The molecule has 0 aliphatic carbocycles. The average molecular weight is 342 g/mol. The van der Waals surface area contributed by atoms with Crippen molar-refractivity contribution >= 4 is 11.6 Å². The summed E-state index contributed by atoms with van der Waals surface area (Å²) in [7, 11) is 0. The van der Waals surface area contributed by atoms with Crippen LogP contribution in [0.2, 0.25) is 0 Å². The molecule has 6 heteroatoms. The zero-order valence-corrected chi connectivity index (χ0v) is 13.8. The first-order chi connectivity index (χ1) is 12.0. The van der Waals surface area contributed by atoms with E-state index in [0.29, 0.717) is 5.69 Å². The first-order valence-electron chi connectivity index (χ1n) is 7.81. The summed E-state index contributed by atoms with van der Waals surface area (Å²) < 4.78 is 32.2. The van der Waals surface area contributed by atoms with Crippen molar-refractivity contribution in [3.63, 3.8) is 0 Å². The van der Waals surface area contributed by atoms with Crippen LogP contribution in [0.15, 0.2) is 47.0 Å². The molecule has 0 saturated heterocycles. The van der Waals surface area contributed by atoms with Gasteiger partial charge in [0.15, 0.2) is 0 Å². The van der Waals surface area contributed by atoms with Crippen molar-refractivity contribution in [1.82, 2.24) is 5.16 Å². The highest BCUT2D eigenvalue weighted by Gasteiger charge is 2.24. The number of anilines is 1. The Morgan fingerprint density at radius 3 is 2.52 bits per heavy atom. The summed E-state index contributed by atoms with van der Waals surface area (Å²) in [6.07, 6.45) is 0.896. The van der Waals surface area contributed by atoms with E-state index >= 15 is 0 Å². The Labute approximate surface area is 143 Å². The Balaban J connectivity index is 1.94. The minimum Gasteiger partial charge on any atom is -0.360 e. The fourth-order valence-corrected chi connectivity index (χ4v) is 2.52. The number of carbonyl (C=O) groups is 1. The molecule has 0 spiro atoms. The van der Waals surface area contributed by atoms with Gasteiger partial charge in [-0.1, -0.05) is 24.2 Å². The second-order valence-electron chi connectivity index (χ2n) is 5.59. The van der Waals surface area contributed by atoms with Gasteiger partial charge in [0.2, 0.25) is 0 Å². The molecule has 0 aliphatic rings. The molecule has 2 aromatic carbocycles. The summed E-state index contributed by atoms with van der Waals surface area (Å²) in [4.78, 5) is 12.6. The van der Waals surface area contributed by atoms with Crippen LogP contribution in [0.3, 0.4) is 0 Å². The van der Waals surface area contributed by atoms with E-state index in [1.165, 1.54) is 6.07 Å². The summed E-state index contributed by atoms with van der Waals surface area (Å²) >= 11 is 0. The SMILES string of the molecule is CCc1ccc(NC(=O)c2c(-c3ccc(F)cc3F)noc2C)cc1. The van der Waals surface area contributed by atoms with Crippen molar-refractivity contribution in [1.29, 1.82) is 0 Å². The van der Waals surface area contributed by atoms with E-state index in [2.05, 4.69) is 10.5 Å². The van der Waals surface area contributed by atoms with Crippen molar-refractivity contribution in [2.24, 2.45) is 0 Å². The fourth-order valence-electron chi connectivity index (χ4n) is 2.52. The van der Waals surface area contributed by atoms with E-state index < -0.39 is 17.5 Å². The summed E-state index contributed by atoms with van der Waals surface area (Å²) in [5.74, 6) is -1.73. The van der Waals surface area contributed by atoms with E-state index in [-0.39, 0.29) is 22.6 Å².